The van der Waals surface area contributed by atoms with Crippen LogP contribution in [0.15, 0.2) is 48.5 Å². The predicted molar refractivity (Wildman–Crippen MR) is 100 cm³/mol. The van der Waals surface area contributed by atoms with E-state index in [-0.39, 0.29) is 18.2 Å². The summed E-state index contributed by atoms with van der Waals surface area (Å²) >= 11 is 0. The van der Waals surface area contributed by atoms with Gasteiger partial charge >= 0.3 is 5.97 Å². The second kappa shape index (κ2) is 7.82. The van der Waals surface area contributed by atoms with Crippen LogP contribution in [0, 0.1) is 6.92 Å². The van der Waals surface area contributed by atoms with Gasteiger partial charge in [-0.1, -0.05) is 42.0 Å². The Bertz CT molecular complexity index is 981. The maximum Gasteiger partial charge on any atom is 0.311 e. The average Bonchev–Trinajstić information content (AvgIpc) is 3.09. The molecule has 1 aromatic heterocycles. The fourth-order valence-corrected chi connectivity index (χ4v) is 2.74. The molecule has 7 nitrogen and oxygen atoms in total. The van der Waals surface area contributed by atoms with Gasteiger partial charge in [-0.2, -0.15) is 5.10 Å². The van der Waals surface area contributed by atoms with Crippen LogP contribution in [0.3, 0.4) is 0 Å². The zero-order chi connectivity index (χ0) is 19.4. The number of aryl methyl sites for hydroxylation is 1. The number of hydrogen-bond acceptors (Lipinski definition) is 4. The second-order valence-corrected chi connectivity index (χ2v) is 6.36. The zero-order valence-electron chi connectivity index (χ0n) is 15.1. The van der Waals surface area contributed by atoms with Crippen LogP contribution in [0.2, 0.25) is 0 Å². The van der Waals surface area contributed by atoms with Gasteiger partial charge in [-0.05, 0) is 37.1 Å². The van der Waals surface area contributed by atoms with Crippen molar-refractivity contribution >= 4 is 11.9 Å². The van der Waals surface area contributed by atoms with Crippen LogP contribution in [0.5, 0.6) is 0 Å². The molecule has 2 aromatic carbocycles. The molecule has 0 saturated carbocycles. The first-order chi connectivity index (χ1) is 12.9. The predicted octanol–water partition coefficient (Wildman–Crippen LogP) is 2.90. The Morgan fingerprint density at radius 2 is 1.85 bits per heavy atom. The number of hydrogen-bond donors (Lipinski definition) is 3. The summed E-state index contributed by atoms with van der Waals surface area (Å²) in [5.74, 6) is -0.654. The summed E-state index contributed by atoms with van der Waals surface area (Å²) in [7, 11) is 0. The number of nitrogens with zero attached hydrogens (tertiary/aromatic N) is 2. The van der Waals surface area contributed by atoms with Crippen molar-refractivity contribution in [2.75, 3.05) is 0 Å². The average molecular weight is 364 g/mol. The van der Waals surface area contributed by atoms with Crippen LogP contribution in [0.25, 0.3) is 11.1 Å². The largest absolute Gasteiger partial charge is 0.481 e. The number of aromatic amines is 1. The minimum Gasteiger partial charge on any atom is -0.481 e. The fourth-order valence-electron chi connectivity index (χ4n) is 2.74. The Labute approximate surface area is 156 Å². The number of rotatable bonds is 6. The first kappa shape index (κ1) is 18.3. The lowest BCUT2D eigenvalue weighted by Gasteiger charge is -2.11. The monoisotopic (exact) mass is 364 g/mol. The Balaban J connectivity index is 1.73. The molecule has 1 heterocycles. The molecule has 0 radical (unpaired) electrons. The van der Waals surface area contributed by atoms with E-state index >= 15 is 0 Å². The van der Waals surface area contributed by atoms with Gasteiger partial charge in [0.05, 0.1) is 6.04 Å². The summed E-state index contributed by atoms with van der Waals surface area (Å²) in [6.07, 6.45) is -0.244. The van der Waals surface area contributed by atoms with Gasteiger partial charge in [-0.3, -0.25) is 14.7 Å². The molecule has 138 valence electrons. The minimum atomic E-state index is -0.998. The number of carboxylic acids is 1. The molecular formula is C20H20N4O3. The van der Waals surface area contributed by atoms with Crippen LogP contribution in [-0.2, 0) is 11.2 Å². The molecular weight excluding hydrogens is 344 g/mol. The number of carboxylic acid groups (broad SMARTS) is 1. The highest BCUT2D eigenvalue weighted by Crippen LogP contribution is 2.22. The molecule has 0 spiro atoms. The Kier molecular flexibility index (Phi) is 5.30. The molecule has 0 aliphatic carbocycles. The van der Waals surface area contributed by atoms with Gasteiger partial charge < -0.3 is 10.4 Å². The molecule has 27 heavy (non-hydrogen) atoms. The molecule has 0 bridgehead atoms. The Morgan fingerprint density at radius 1 is 1.15 bits per heavy atom. The van der Waals surface area contributed by atoms with Gasteiger partial charge in [0.2, 0.25) is 0 Å². The molecule has 0 aliphatic rings. The normalized spacial score (nSPS) is 11.8. The highest BCUT2D eigenvalue weighted by molar-refractivity contribution is 5.95. The van der Waals surface area contributed by atoms with Gasteiger partial charge in [0.25, 0.3) is 5.91 Å². The summed E-state index contributed by atoms with van der Waals surface area (Å²) in [6, 6.07) is 15.0. The third kappa shape index (κ3) is 4.58. The van der Waals surface area contributed by atoms with E-state index in [1.54, 1.807) is 13.0 Å². The van der Waals surface area contributed by atoms with Crippen LogP contribution in [-0.4, -0.2) is 32.2 Å². The van der Waals surface area contributed by atoms with Crippen LogP contribution in [0.4, 0.5) is 0 Å². The van der Waals surface area contributed by atoms with Crippen molar-refractivity contribution in [2.24, 2.45) is 0 Å². The number of nitrogens with one attached hydrogen (secondary N) is 2. The number of amides is 1. The minimum absolute atomic E-state index is 0.244. The lowest BCUT2D eigenvalue weighted by Crippen LogP contribution is -2.27. The summed E-state index contributed by atoms with van der Waals surface area (Å²) in [5.41, 5.74) is 3.69. The topological polar surface area (TPSA) is 108 Å². The molecule has 7 heteroatoms. The molecule has 3 N–H and O–H groups in total. The van der Waals surface area contributed by atoms with E-state index in [0.717, 1.165) is 16.7 Å². The quantitative estimate of drug-likeness (QED) is 0.623. The van der Waals surface area contributed by atoms with Crippen molar-refractivity contribution < 1.29 is 14.7 Å². The SMILES string of the molecule is Cc1cccc(-c2cccc(C(=O)NC(C)c3n[nH]c(CC(=O)O)n3)c2)c1. The number of aliphatic carboxylic acids is 1. The maximum atomic E-state index is 12.6. The lowest BCUT2D eigenvalue weighted by atomic mass is 10.0. The third-order valence-electron chi connectivity index (χ3n) is 4.08. The maximum absolute atomic E-state index is 12.6. The van der Waals surface area contributed by atoms with E-state index < -0.39 is 12.0 Å². The standard InChI is InChI=1S/C20H20N4O3/c1-12-5-3-6-14(9-12)15-7-4-8-16(10-15)20(27)21-13(2)19-22-17(23-24-19)11-18(25)26/h3-10,13H,11H2,1-2H3,(H,21,27)(H,25,26)(H,22,23,24). The first-order valence-electron chi connectivity index (χ1n) is 8.53. The molecule has 1 unspecified atom stereocenters. The van der Waals surface area contributed by atoms with E-state index in [9.17, 15) is 9.59 Å². The van der Waals surface area contributed by atoms with Crippen molar-refractivity contribution in [3.05, 3.63) is 71.3 Å². The van der Waals surface area contributed by atoms with Gasteiger partial charge in [-0.15, -0.1) is 0 Å². The molecule has 0 saturated heterocycles. The highest BCUT2D eigenvalue weighted by Gasteiger charge is 2.17. The Morgan fingerprint density at radius 3 is 2.56 bits per heavy atom. The summed E-state index contributed by atoms with van der Waals surface area (Å²) in [5, 5.41) is 18.2. The molecule has 3 aromatic rings. The van der Waals surface area contributed by atoms with Crippen molar-refractivity contribution in [1.29, 1.82) is 0 Å². The number of carbonyl (C=O) groups is 2. The molecule has 1 amide bonds. The van der Waals surface area contributed by atoms with E-state index in [1.165, 1.54) is 0 Å². The van der Waals surface area contributed by atoms with Gasteiger partial charge in [0, 0.05) is 5.56 Å². The van der Waals surface area contributed by atoms with Crippen LogP contribution < -0.4 is 5.32 Å². The number of carbonyl (C=O) groups excluding carboxylic acids is 1. The third-order valence-corrected chi connectivity index (χ3v) is 4.08. The van der Waals surface area contributed by atoms with Crippen molar-refractivity contribution in [3.8, 4) is 11.1 Å². The smallest absolute Gasteiger partial charge is 0.311 e. The zero-order valence-corrected chi connectivity index (χ0v) is 15.1. The van der Waals surface area contributed by atoms with Gasteiger partial charge in [-0.25, -0.2) is 4.98 Å². The molecule has 1 atom stereocenters. The number of aromatic nitrogens is 3. The van der Waals surface area contributed by atoms with Gasteiger partial charge in [0.15, 0.2) is 5.82 Å². The first-order valence-corrected chi connectivity index (χ1v) is 8.53. The van der Waals surface area contributed by atoms with Crippen molar-refractivity contribution in [1.82, 2.24) is 20.5 Å². The summed E-state index contributed by atoms with van der Waals surface area (Å²) in [6.45, 7) is 3.77. The van der Waals surface area contributed by atoms with Crippen LogP contribution in [0.1, 0.15) is 40.5 Å². The second-order valence-electron chi connectivity index (χ2n) is 6.36. The highest BCUT2D eigenvalue weighted by atomic mass is 16.4. The van der Waals surface area contributed by atoms with E-state index in [4.69, 9.17) is 5.11 Å². The Hall–Kier alpha value is -3.48. The lowest BCUT2D eigenvalue weighted by molar-refractivity contribution is -0.136. The summed E-state index contributed by atoms with van der Waals surface area (Å²) < 4.78 is 0. The number of H-pyrrole nitrogens is 1. The summed E-state index contributed by atoms with van der Waals surface area (Å²) in [4.78, 5) is 27.4. The van der Waals surface area contributed by atoms with E-state index in [1.807, 2.05) is 43.3 Å². The fraction of sp³-hybridized carbons (Fsp3) is 0.200. The van der Waals surface area contributed by atoms with Crippen molar-refractivity contribution in [2.45, 2.75) is 26.3 Å². The molecule has 0 fully saturated rings. The van der Waals surface area contributed by atoms with Gasteiger partial charge in [0.1, 0.15) is 12.2 Å². The number of benzene rings is 2. The van der Waals surface area contributed by atoms with Crippen LogP contribution >= 0.6 is 0 Å². The van der Waals surface area contributed by atoms with Crippen molar-refractivity contribution in [3.63, 3.8) is 0 Å². The molecule has 3 rings (SSSR count). The van der Waals surface area contributed by atoms with E-state index in [0.29, 0.717) is 11.4 Å². The molecule has 0 aliphatic heterocycles. The van der Waals surface area contributed by atoms with E-state index in [2.05, 4.69) is 26.6 Å².